The maximum Gasteiger partial charge on any atom is 0.317 e. The van der Waals surface area contributed by atoms with Crippen molar-refractivity contribution in [3.8, 4) is 0 Å². The maximum absolute atomic E-state index is 12.5. The van der Waals surface area contributed by atoms with Crippen LogP contribution < -0.4 is 10.2 Å². The third-order valence-corrected chi connectivity index (χ3v) is 5.57. The summed E-state index contributed by atoms with van der Waals surface area (Å²) in [5, 5.41) is 7.68. The Bertz CT molecular complexity index is 788. The van der Waals surface area contributed by atoms with E-state index in [0.29, 0.717) is 19.1 Å². The number of rotatable bonds is 2. The highest BCUT2D eigenvalue weighted by Crippen LogP contribution is 2.25. The molecule has 0 aromatic carbocycles. The molecule has 2 fully saturated rings. The third-order valence-electron chi connectivity index (χ3n) is 5.57. The number of carbonyl (C=O) groups is 1. The van der Waals surface area contributed by atoms with Crippen LogP contribution in [0.2, 0.25) is 0 Å². The first kappa shape index (κ1) is 17.1. The lowest BCUT2D eigenvalue weighted by molar-refractivity contribution is 0.186. The van der Waals surface area contributed by atoms with Crippen molar-refractivity contribution in [2.45, 2.75) is 45.1 Å². The van der Waals surface area contributed by atoms with Gasteiger partial charge in [-0.2, -0.15) is 5.10 Å². The molecule has 3 heterocycles. The molecule has 8 nitrogen and oxygen atoms in total. The molecule has 2 aromatic heterocycles. The molecule has 26 heavy (non-hydrogen) atoms. The number of fused-ring (bicyclic) bond motifs is 1. The lowest BCUT2D eigenvalue weighted by Gasteiger charge is -2.36. The predicted octanol–water partition coefficient (Wildman–Crippen LogP) is 1.84. The lowest BCUT2D eigenvalue weighted by atomic mass is 9.96. The fourth-order valence-corrected chi connectivity index (χ4v) is 4.12. The SMILES string of the molecule is Cc1nn(C)c2c(N3CCN(C(=O)NC4CCCCC4)CC3)ncnc12. The topological polar surface area (TPSA) is 79.2 Å². The molecule has 4 rings (SSSR count). The molecule has 0 unspecified atom stereocenters. The number of carbonyl (C=O) groups excluding carboxylic acids is 1. The second kappa shape index (κ2) is 7.09. The van der Waals surface area contributed by atoms with Gasteiger partial charge in [-0.05, 0) is 19.8 Å². The first-order valence-corrected chi connectivity index (χ1v) is 9.58. The summed E-state index contributed by atoms with van der Waals surface area (Å²) >= 11 is 0. The first-order chi connectivity index (χ1) is 12.6. The highest BCUT2D eigenvalue weighted by molar-refractivity contribution is 5.87. The summed E-state index contributed by atoms with van der Waals surface area (Å²) in [5.74, 6) is 0.908. The van der Waals surface area contributed by atoms with Crippen LogP contribution in [0.15, 0.2) is 6.33 Å². The van der Waals surface area contributed by atoms with E-state index in [9.17, 15) is 4.79 Å². The molecule has 1 aliphatic carbocycles. The van der Waals surface area contributed by atoms with Crippen molar-refractivity contribution >= 4 is 22.9 Å². The molecule has 1 saturated heterocycles. The smallest absolute Gasteiger partial charge is 0.317 e. The molecule has 1 N–H and O–H groups in total. The molecular formula is C18H27N7O. The molecule has 140 valence electrons. The molecule has 1 saturated carbocycles. The van der Waals surface area contributed by atoms with E-state index in [1.165, 1.54) is 19.3 Å². The minimum absolute atomic E-state index is 0.0840. The minimum Gasteiger partial charge on any atom is -0.351 e. The summed E-state index contributed by atoms with van der Waals surface area (Å²) in [6.45, 7) is 4.93. The van der Waals surface area contributed by atoms with Gasteiger partial charge >= 0.3 is 6.03 Å². The third kappa shape index (κ3) is 3.20. The Morgan fingerprint density at radius 1 is 1.12 bits per heavy atom. The van der Waals surface area contributed by atoms with Crippen LogP contribution in [0.25, 0.3) is 11.0 Å². The van der Waals surface area contributed by atoms with Crippen molar-refractivity contribution in [2.75, 3.05) is 31.1 Å². The highest BCUT2D eigenvalue weighted by atomic mass is 16.2. The van der Waals surface area contributed by atoms with Gasteiger partial charge in [0.25, 0.3) is 0 Å². The van der Waals surface area contributed by atoms with Gasteiger partial charge in [0.1, 0.15) is 17.4 Å². The van der Waals surface area contributed by atoms with Crippen LogP contribution in [0.4, 0.5) is 10.6 Å². The number of piperazine rings is 1. The quantitative estimate of drug-likeness (QED) is 0.887. The Kier molecular flexibility index (Phi) is 4.65. The summed E-state index contributed by atoms with van der Waals surface area (Å²) in [4.78, 5) is 25.6. The second-order valence-electron chi connectivity index (χ2n) is 7.36. The number of hydrogen-bond donors (Lipinski definition) is 1. The maximum atomic E-state index is 12.5. The zero-order valence-corrected chi connectivity index (χ0v) is 15.6. The van der Waals surface area contributed by atoms with Gasteiger partial charge in [0.05, 0.1) is 5.69 Å². The van der Waals surface area contributed by atoms with Gasteiger partial charge in [0, 0.05) is 39.3 Å². The van der Waals surface area contributed by atoms with Gasteiger partial charge < -0.3 is 15.1 Å². The zero-order valence-electron chi connectivity index (χ0n) is 15.6. The fourth-order valence-electron chi connectivity index (χ4n) is 4.12. The molecule has 0 atom stereocenters. The van der Waals surface area contributed by atoms with Crippen LogP contribution in [0.5, 0.6) is 0 Å². The Balaban J connectivity index is 1.41. The number of amides is 2. The number of urea groups is 1. The van der Waals surface area contributed by atoms with Crippen LogP contribution in [0, 0.1) is 6.92 Å². The van der Waals surface area contributed by atoms with E-state index in [0.717, 1.165) is 48.5 Å². The van der Waals surface area contributed by atoms with Crippen LogP contribution in [-0.2, 0) is 7.05 Å². The van der Waals surface area contributed by atoms with E-state index in [4.69, 9.17) is 0 Å². The summed E-state index contributed by atoms with van der Waals surface area (Å²) in [6.07, 6.45) is 7.59. The molecule has 1 aliphatic heterocycles. The van der Waals surface area contributed by atoms with Crippen LogP contribution in [0.3, 0.4) is 0 Å². The van der Waals surface area contributed by atoms with Crippen molar-refractivity contribution in [1.82, 2.24) is 30.0 Å². The van der Waals surface area contributed by atoms with Crippen LogP contribution in [0.1, 0.15) is 37.8 Å². The summed E-state index contributed by atoms with van der Waals surface area (Å²) in [5.41, 5.74) is 2.77. The average Bonchev–Trinajstić information content (AvgIpc) is 2.97. The van der Waals surface area contributed by atoms with E-state index in [-0.39, 0.29) is 6.03 Å². The number of hydrogen-bond acceptors (Lipinski definition) is 5. The monoisotopic (exact) mass is 357 g/mol. The average molecular weight is 357 g/mol. The van der Waals surface area contributed by atoms with E-state index in [1.807, 2.05) is 23.6 Å². The molecular weight excluding hydrogens is 330 g/mol. The molecule has 2 aromatic rings. The molecule has 2 amide bonds. The first-order valence-electron chi connectivity index (χ1n) is 9.58. The normalized spacial score (nSPS) is 19.2. The van der Waals surface area contributed by atoms with Crippen molar-refractivity contribution in [3.63, 3.8) is 0 Å². The van der Waals surface area contributed by atoms with E-state index in [1.54, 1.807) is 6.33 Å². The predicted molar refractivity (Wildman–Crippen MR) is 100 cm³/mol. The Morgan fingerprint density at radius 2 is 1.85 bits per heavy atom. The zero-order chi connectivity index (χ0) is 18.1. The van der Waals surface area contributed by atoms with Crippen LogP contribution >= 0.6 is 0 Å². The Labute approximate surface area is 153 Å². The Morgan fingerprint density at radius 3 is 2.58 bits per heavy atom. The molecule has 8 heteroatoms. The van der Waals surface area contributed by atoms with Crippen molar-refractivity contribution in [2.24, 2.45) is 7.05 Å². The molecule has 0 bridgehead atoms. The number of aromatic nitrogens is 4. The summed E-state index contributed by atoms with van der Waals surface area (Å²) in [7, 11) is 1.93. The van der Waals surface area contributed by atoms with Crippen molar-refractivity contribution in [1.29, 1.82) is 0 Å². The van der Waals surface area contributed by atoms with Gasteiger partial charge in [-0.25, -0.2) is 14.8 Å². The number of aryl methyl sites for hydroxylation is 2. The van der Waals surface area contributed by atoms with Gasteiger partial charge in [0.2, 0.25) is 0 Å². The summed E-state index contributed by atoms with van der Waals surface area (Å²) < 4.78 is 1.85. The van der Waals surface area contributed by atoms with Crippen molar-refractivity contribution < 1.29 is 4.79 Å². The summed E-state index contributed by atoms with van der Waals surface area (Å²) in [6, 6.07) is 0.439. The van der Waals surface area contributed by atoms with Gasteiger partial charge in [0.15, 0.2) is 5.82 Å². The largest absolute Gasteiger partial charge is 0.351 e. The van der Waals surface area contributed by atoms with E-state index in [2.05, 4.69) is 25.3 Å². The van der Waals surface area contributed by atoms with E-state index < -0.39 is 0 Å². The second-order valence-corrected chi connectivity index (χ2v) is 7.36. The van der Waals surface area contributed by atoms with E-state index >= 15 is 0 Å². The molecule has 0 radical (unpaired) electrons. The van der Waals surface area contributed by atoms with Gasteiger partial charge in [-0.1, -0.05) is 19.3 Å². The number of anilines is 1. The number of nitrogens with zero attached hydrogens (tertiary/aromatic N) is 6. The van der Waals surface area contributed by atoms with Crippen molar-refractivity contribution in [3.05, 3.63) is 12.0 Å². The fraction of sp³-hybridized carbons (Fsp3) is 0.667. The lowest BCUT2D eigenvalue weighted by Crippen LogP contribution is -2.54. The highest BCUT2D eigenvalue weighted by Gasteiger charge is 2.26. The standard InChI is InChI=1S/C18H27N7O/c1-13-15-16(23(2)22-13)17(20-12-19-15)24-8-10-25(11-9-24)18(26)21-14-6-4-3-5-7-14/h12,14H,3-11H2,1-2H3,(H,21,26). The molecule has 0 spiro atoms. The van der Waals surface area contributed by atoms with Gasteiger partial charge in [-0.15, -0.1) is 0 Å². The number of nitrogens with one attached hydrogen (secondary N) is 1. The van der Waals surface area contributed by atoms with Gasteiger partial charge in [-0.3, -0.25) is 4.68 Å². The Hall–Kier alpha value is -2.38. The minimum atomic E-state index is 0.0840. The van der Waals surface area contributed by atoms with Crippen LogP contribution in [-0.4, -0.2) is 62.9 Å². The molecule has 2 aliphatic rings.